The number of hydrogen-bond donors (Lipinski definition) is 2. The van der Waals surface area contributed by atoms with Gasteiger partial charge < -0.3 is 15.1 Å². The van der Waals surface area contributed by atoms with Gasteiger partial charge in [-0.2, -0.15) is 5.26 Å². The van der Waals surface area contributed by atoms with Crippen molar-refractivity contribution in [3.05, 3.63) is 64.6 Å². The monoisotopic (exact) mass is 382 g/mol. The number of nitrogens with zero attached hydrogens (tertiary/aromatic N) is 2. The quantitative estimate of drug-likeness (QED) is 0.708. The zero-order valence-electron chi connectivity index (χ0n) is 14.5. The Morgan fingerprint density at radius 3 is 2.52 bits per heavy atom. The predicted molar refractivity (Wildman–Crippen MR) is 101 cm³/mol. The van der Waals surface area contributed by atoms with Gasteiger partial charge in [-0.25, -0.2) is 0 Å². The van der Waals surface area contributed by atoms with Crippen LogP contribution < -0.4 is 10.6 Å². The van der Waals surface area contributed by atoms with Crippen molar-refractivity contribution in [2.45, 2.75) is 13.8 Å². The Morgan fingerprint density at radius 1 is 1.22 bits per heavy atom. The average Bonchev–Trinajstić information content (AvgIpc) is 3.24. The molecule has 136 valence electrons. The lowest BCUT2D eigenvalue weighted by Crippen LogP contribution is -2.14. The van der Waals surface area contributed by atoms with Crippen LogP contribution in [0.4, 0.5) is 11.4 Å². The van der Waals surface area contributed by atoms with E-state index >= 15 is 0 Å². The first-order valence-corrected chi connectivity index (χ1v) is 8.34. The number of nitriles is 1. The molecular weight excluding hydrogens is 368 g/mol. The maximum absolute atomic E-state index is 12.7. The largest absolute Gasteiger partial charge is 0.443 e. The van der Waals surface area contributed by atoms with E-state index in [1.54, 1.807) is 48.1 Å². The van der Waals surface area contributed by atoms with E-state index in [1.807, 2.05) is 6.07 Å². The zero-order valence-corrected chi connectivity index (χ0v) is 15.3. The van der Waals surface area contributed by atoms with Gasteiger partial charge in [-0.05, 0) is 37.3 Å². The third-order valence-corrected chi connectivity index (χ3v) is 4.09. The molecule has 0 atom stereocenters. The minimum atomic E-state index is -0.491. The number of rotatable bonds is 4. The second-order valence-electron chi connectivity index (χ2n) is 5.75. The van der Waals surface area contributed by atoms with Crippen LogP contribution in [0.25, 0.3) is 5.88 Å². The molecule has 2 amide bonds. The first-order chi connectivity index (χ1) is 12.9. The van der Waals surface area contributed by atoms with Gasteiger partial charge >= 0.3 is 0 Å². The van der Waals surface area contributed by atoms with Gasteiger partial charge in [0.05, 0.1) is 10.7 Å². The van der Waals surface area contributed by atoms with Gasteiger partial charge in [0.2, 0.25) is 11.8 Å². The first kappa shape index (κ1) is 18.3. The highest BCUT2D eigenvalue weighted by molar-refractivity contribution is 6.34. The van der Waals surface area contributed by atoms with Crippen LogP contribution in [0.3, 0.4) is 0 Å². The number of aryl methyl sites for hydroxylation is 1. The Hall–Kier alpha value is -3.50. The number of benzene rings is 1. The zero-order chi connectivity index (χ0) is 19.6. The van der Waals surface area contributed by atoms with Crippen molar-refractivity contribution in [2.24, 2.45) is 0 Å². The van der Waals surface area contributed by atoms with Crippen molar-refractivity contribution < 1.29 is 14.0 Å². The van der Waals surface area contributed by atoms with Crippen LogP contribution in [0, 0.1) is 18.3 Å². The van der Waals surface area contributed by atoms with Crippen LogP contribution >= 0.6 is 11.6 Å². The molecule has 0 aliphatic rings. The molecule has 0 aliphatic heterocycles. The number of amides is 2. The van der Waals surface area contributed by atoms with Crippen LogP contribution in [-0.2, 0) is 4.79 Å². The molecule has 0 fully saturated rings. The molecule has 0 spiro atoms. The standard InChI is InChI=1S/C19H15ClN4O3/c1-11-17(14(10-21)19(27-11)24-7-3-4-8-24)18(26)23-13-5-6-16(15(20)9-13)22-12(2)25/h3-9H,1-2H3,(H,22,25)(H,23,26). The normalized spacial score (nSPS) is 10.3. The second kappa shape index (κ2) is 7.40. The van der Waals surface area contributed by atoms with E-state index in [0.717, 1.165) is 0 Å². The summed E-state index contributed by atoms with van der Waals surface area (Å²) in [5, 5.41) is 15.1. The van der Waals surface area contributed by atoms with Gasteiger partial charge in [-0.1, -0.05) is 11.6 Å². The summed E-state index contributed by atoms with van der Waals surface area (Å²) in [5.74, 6) is -0.133. The average molecular weight is 383 g/mol. The Bertz CT molecular complexity index is 1060. The Labute approximate surface area is 160 Å². The molecule has 1 aromatic carbocycles. The van der Waals surface area contributed by atoms with Crippen molar-refractivity contribution in [1.29, 1.82) is 5.26 Å². The summed E-state index contributed by atoms with van der Waals surface area (Å²) in [7, 11) is 0. The molecule has 2 heterocycles. The molecule has 3 rings (SSSR count). The molecule has 27 heavy (non-hydrogen) atoms. The number of carbonyl (C=O) groups excluding carboxylic acids is 2. The molecule has 8 heteroatoms. The molecule has 0 unspecified atom stereocenters. The van der Waals surface area contributed by atoms with Crippen LogP contribution in [0.15, 0.2) is 47.1 Å². The maximum Gasteiger partial charge on any atom is 0.260 e. The highest BCUT2D eigenvalue weighted by Gasteiger charge is 2.24. The molecule has 3 aromatic rings. The topological polar surface area (TPSA) is 100 Å². The molecule has 2 aromatic heterocycles. The number of halogens is 1. The fourth-order valence-corrected chi connectivity index (χ4v) is 2.86. The summed E-state index contributed by atoms with van der Waals surface area (Å²) in [6.07, 6.45) is 3.45. The van der Waals surface area contributed by atoms with E-state index in [0.29, 0.717) is 17.1 Å². The van der Waals surface area contributed by atoms with Gasteiger partial charge in [-0.3, -0.25) is 14.2 Å². The minimum absolute atomic E-state index is 0.141. The summed E-state index contributed by atoms with van der Waals surface area (Å²) in [5.41, 5.74) is 1.16. The van der Waals surface area contributed by atoms with Crippen LogP contribution in [-0.4, -0.2) is 16.4 Å². The highest BCUT2D eigenvalue weighted by Crippen LogP contribution is 2.28. The third-order valence-electron chi connectivity index (χ3n) is 3.78. The SMILES string of the molecule is CC(=O)Nc1ccc(NC(=O)c2c(C)oc(-n3cccc3)c2C#N)cc1Cl. The van der Waals surface area contributed by atoms with E-state index in [9.17, 15) is 14.9 Å². The lowest BCUT2D eigenvalue weighted by Gasteiger charge is -2.09. The fraction of sp³-hybridized carbons (Fsp3) is 0.105. The van der Waals surface area contributed by atoms with Gasteiger partial charge in [-0.15, -0.1) is 0 Å². The molecule has 0 saturated carbocycles. The number of carbonyl (C=O) groups is 2. The highest BCUT2D eigenvalue weighted by atomic mass is 35.5. The Kier molecular flexibility index (Phi) is 5.01. The minimum Gasteiger partial charge on any atom is -0.443 e. The summed E-state index contributed by atoms with van der Waals surface area (Å²) in [6.45, 7) is 3.00. The lowest BCUT2D eigenvalue weighted by molar-refractivity contribution is -0.114. The van der Waals surface area contributed by atoms with E-state index < -0.39 is 5.91 Å². The molecule has 7 nitrogen and oxygen atoms in total. The van der Waals surface area contributed by atoms with Crippen molar-refractivity contribution in [2.75, 3.05) is 10.6 Å². The molecule has 0 saturated heterocycles. The van der Waals surface area contributed by atoms with Crippen molar-refractivity contribution in [1.82, 2.24) is 4.57 Å². The summed E-state index contributed by atoms with van der Waals surface area (Å²) in [4.78, 5) is 23.9. The van der Waals surface area contributed by atoms with E-state index in [2.05, 4.69) is 10.6 Å². The maximum atomic E-state index is 12.7. The van der Waals surface area contributed by atoms with Gasteiger partial charge in [0.1, 0.15) is 23.0 Å². The molecule has 0 aliphatic carbocycles. The third kappa shape index (κ3) is 3.71. The molecule has 0 radical (unpaired) electrons. The van der Waals surface area contributed by atoms with Gasteiger partial charge in [0.15, 0.2) is 0 Å². The number of nitrogens with one attached hydrogen (secondary N) is 2. The summed E-state index contributed by atoms with van der Waals surface area (Å²) >= 11 is 6.12. The number of anilines is 2. The number of aromatic nitrogens is 1. The molecule has 0 bridgehead atoms. The molecular formula is C19H15ClN4O3. The van der Waals surface area contributed by atoms with Gasteiger partial charge in [0, 0.05) is 25.0 Å². The van der Waals surface area contributed by atoms with Crippen molar-refractivity contribution in [3.63, 3.8) is 0 Å². The number of furan rings is 1. The van der Waals surface area contributed by atoms with E-state index in [1.165, 1.54) is 13.0 Å². The van der Waals surface area contributed by atoms with Crippen molar-refractivity contribution >= 4 is 34.8 Å². The van der Waals surface area contributed by atoms with Crippen LogP contribution in [0.5, 0.6) is 0 Å². The smallest absolute Gasteiger partial charge is 0.260 e. The predicted octanol–water partition coefficient (Wildman–Crippen LogP) is 4.11. The summed E-state index contributed by atoms with van der Waals surface area (Å²) < 4.78 is 7.26. The first-order valence-electron chi connectivity index (χ1n) is 7.96. The van der Waals surface area contributed by atoms with Crippen molar-refractivity contribution in [3.8, 4) is 12.0 Å². The van der Waals surface area contributed by atoms with E-state index in [4.69, 9.17) is 16.0 Å². The molecule has 2 N–H and O–H groups in total. The lowest BCUT2D eigenvalue weighted by atomic mass is 10.1. The van der Waals surface area contributed by atoms with Crippen LogP contribution in [0.1, 0.15) is 28.6 Å². The second-order valence-corrected chi connectivity index (χ2v) is 6.15. The number of hydrogen-bond acceptors (Lipinski definition) is 4. The fourth-order valence-electron chi connectivity index (χ4n) is 2.64. The Morgan fingerprint density at radius 2 is 1.93 bits per heavy atom. The van der Waals surface area contributed by atoms with Gasteiger partial charge in [0.25, 0.3) is 5.91 Å². The van der Waals surface area contributed by atoms with E-state index in [-0.39, 0.29) is 27.9 Å². The Balaban J connectivity index is 1.90. The van der Waals surface area contributed by atoms with Crippen LogP contribution in [0.2, 0.25) is 5.02 Å². The summed E-state index contributed by atoms with van der Waals surface area (Å²) in [6, 6.07) is 10.3.